The molecule has 23 heavy (non-hydrogen) atoms. The van der Waals surface area contributed by atoms with Gasteiger partial charge < -0.3 is 16.0 Å². The lowest BCUT2D eigenvalue weighted by atomic mass is 9.81. The van der Waals surface area contributed by atoms with Gasteiger partial charge in [-0.3, -0.25) is 9.79 Å². The van der Waals surface area contributed by atoms with Gasteiger partial charge in [-0.2, -0.15) is 0 Å². The van der Waals surface area contributed by atoms with Crippen molar-refractivity contribution in [2.75, 3.05) is 26.2 Å². The van der Waals surface area contributed by atoms with Crippen molar-refractivity contribution < 1.29 is 4.79 Å². The minimum Gasteiger partial charge on any atom is -0.357 e. The molecule has 0 atom stereocenters. The highest BCUT2D eigenvalue weighted by Crippen LogP contribution is 2.30. The van der Waals surface area contributed by atoms with E-state index in [9.17, 15) is 4.79 Å². The summed E-state index contributed by atoms with van der Waals surface area (Å²) in [7, 11) is 0. The Kier molecular flexibility index (Phi) is 7.69. The van der Waals surface area contributed by atoms with Gasteiger partial charge in [-0.1, -0.05) is 26.2 Å². The van der Waals surface area contributed by atoms with Gasteiger partial charge in [0.15, 0.2) is 5.96 Å². The highest BCUT2D eigenvalue weighted by Gasteiger charge is 2.29. The number of hydrogen-bond acceptors (Lipinski definition) is 2. The number of nitrogens with one attached hydrogen (secondary N) is 3. The van der Waals surface area contributed by atoms with Crippen LogP contribution in [0.5, 0.6) is 0 Å². The summed E-state index contributed by atoms with van der Waals surface area (Å²) in [4.78, 5) is 16.3. The molecule has 132 valence electrons. The summed E-state index contributed by atoms with van der Waals surface area (Å²) in [5.74, 6) is 3.06. The van der Waals surface area contributed by atoms with Crippen molar-refractivity contribution in [3.05, 3.63) is 0 Å². The number of aliphatic imine (C=N–C) groups is 1. The van der Waals surface area contributed by atoms with Gasteiger partial charge >= 0.3 is 0 Å². The summed E-state index contributed by atoms with van der Waals surface area (Å²) >= 11 is 0. The summed E-state index contributed by atoms with van der Waals surface area (Å²) in [6.07, 6.45) is 8.82. The van der Waals surface area contributed by atoms with Gasteiger partial charge in [0.2, 0.25) is 5.91 Å². The highest BCUT2D eigenvalue weighted by molar-refractivity contribution is 5.81. The lowest BCUT2D eigenvalue weighted by Gasteiger charge is -2.26. The number of guanidine groups is 1. The molecule has 0 unspecified atom stereocenters. The van der Waals surface area contributed by atoms with Crippen LogP contribution in [0.4, 0.5) is 0 Å². The molecule has 3 N–H and O–H groups in total. The van der Waals surface area contributed by atoms with Crippen molar-refractivity contribution in [3.63, 3.8) is 0 Å². The molecule has 2 saturated carbocycles. The van der Waals surface area contributed by atoms with Crippen LogP contribution in [0.2, 0.25) is 0 Å². The standard InChI is InChI=1S/C18H34N4O/c1-3-14-5-7-15(8-6-14)13-22-18(19-4-2)21-12-11-20-17(23)16-9-10-16/h14-16H,3-13H2,1-2H3,(H,20,23)(H2,19,21,22). The van der Waals surface area contributed by atoms with Crippen molar-refractivity contribution in [1.82, 2.24) is 16.0 Å². The molecule has 2 rings (SSSR count). The van der Waals surface area contributed by atoms with E-state index < -0.39 is 0 Å². The summed E-state index contributed by atoms with van der Waals surface area (Å²) in [5.41, 5.74) is 0. The van der Waals surface area contributed by atoms with Gasteiger partial charge in [-0.15, -0.1) is 0 Å². The normalized spacial score (nSPS) is 25.0. The van der Waals surface area contributed by atoms with E-state index in [-0.39, 0.29) is 11.8 Å². The van der Waals surface area contributed by atoms with E-state index in [1.165, 1.54) is 32.1 Å². The van der Waals surface area contributed by atoms with Crippen molar-refractivity contribution in [2.45, 2.75) is 58.8 Å². The molecule has 0 spiro atoms. The Morgan fingerprint density at radius 3 is 2.17 bits per heavy atom. The second-order valence-electron chi connectivity index (χ2n) is 7.01. The summed E-state index contributed by atoms with van der Waals surface area (Å²) in [5, 5.41) is 9.59. The monoisotopic (exact) mass is 322 g/mol. The van der Waals surface area contributed by atoms with Gasteiger partial charge in [-0.25, -0.2) is 0 Å². The molecule has 5 nitrogen and oxygen atoms in total. The molecule has 5 heteroatoms. The van der Waals surface area contributed by atoms with Crippen molar-refractivity contribution in [2.24, 2.45) is 22.7 Å². The molecule has 0 heterocycles. The summed E-state index contributed by atoms with van der Waals surface area (Å²) < 4.78 is 0. The van der Waals surface area contributed by atoms with Crippen LogP contribution in [-0.2, 0) is 4.79 Å². The van der Waals surface area contributed by atoms with Crippen LogP contribution in [0.25, 0.3) is 0 Å². The quantitative estimate of drug-likeness (QED) is 0.365. The average Bonchev–Trinajstić information content (AvgIpc) is 3.41. The van der Waals surface area contributed by atoms with Crippen molar-refractivity contribution in [3.8, 4) is 0 Å². The Hall–Kier alpha value is -1.26. The van der Waals surface area contributed by atoms with Gasteiger partial charge in [0, 0.05) is 32.1 Å². The first-order valence-corrected chi connectivity index (χ1v) is 9.52. The van der Waals surface area contributed by atoms with Gasteiger partial charge in [0.1, 0.15) is 0 Å². The second kappa shape index (κ2) is 9.78. The minimum absolute atomic E-state index is 0.210. The maximum Gasteiger partial charge on any atom is 0.223 e. The Balaban J connectivity index is 1.64. The van der Waals surface area contributed by atoms with Crippen LogP contribution < -0.4 is 16.0 Å². The first-order valence-electron chi connectivity index (χ1n) is 9.52. The van der Waals surface area contributed by atoms with Gasteiger partial charge in [-0.05, 0) is 44.4 Å². The van der Waals surface area contributed by atoms with E-state index >= 15 is 0 Å². The molecule has 0 radical (unpaired) electrons. The van der Waals surface area contributed by atoms with Crippen LogP contribution in [0.1, 0.15) is 58.8 Å². The number of nitrogens with zero attached hydrogens (tertiary/aromatic N) is 1. The molecule has 2 aliphatic carbocycles. The molecule has 0 aromatic rings. The van der Waals surface area contributed by atoms with Gasteiger partial charge in [0.05, 0.1) is 0 Å². The summed E-state index contributed by atoms with van der Waals surface area (Å²) in [6, 6.07) is 0. The molecule has 0 aromatic heterocycles. The predicted molar refractivity (Wildman–Crippen MR) is 95.5 cm³/mol. The van der Waals surface area contributed by atoms with Crippen LogP contribution in [0.3, 0.4) is 0 Å². The van der Waals surface area contributed by atoms with Crippen LogP contribution in [-0.4, -0.2) is 38.0 Å². The topological polar surface area (TPSA) is 65.5 Å². The van der Waals surface area contributed by atoms with E-state index in [1.54, 1.807) is 0 Å². The van der Waals surface area contributed by atoms with E-state index in [4.69, 9.17) is 4.99 Å². The lowest BCUT2D eigenvalue weighted by molar-refractivity contribution is -0.122. The average molecular weight is 322 g/mol. The number of rotatable bonds is 8. The van der Waals surface area contributed by atoms with E-state index in [2.05, 4.69) is 29.8 Å². The summed E-state index contributed by atoms with van der Waals surface area (Å²) in [6.45, 7) is 7.56. The Bertz CT molecular complexity index is 384. The van der Waals surface area contributed by atoms with Crippen LogP contribution >= 0.6 is 0 Å². The zero-order valence-electron chi connectivity index (χ0n) is 14.9. The largest absolute Gasteiger partial charge is 0.357 e. The molecule has 0 bridgehead atoms. The van der Waals surface area contributed by atoms with Crippen molar-refractivity contribution in [1.29, 1.82) is 0 Å². The molecular formula is C18H34N4O. The minimum atomic E-state index is 0.210. The molecule has 0 aromatic carbocycles. The zero-order chi connectivity index (χ0) is 16.5. The SMILES string of the molecule is CCNC(=NCC1CCC(CC)CC1)NCCNC(=O)C1CC1. The maximum absolute atomic E-state index is 11.6. The molecule has 0 saturated heterocycles. The number of hydrogen-bond donors (Lipinski definition) is 3. The number of amides is 1. The molecule has 0 aliphatic heterocycles. The lowest BCUT2D eigenvalue weighted by Crippen LogP contribution is -2.42. The maximum atomic E-state index is 11.6. The molecule has 2 aliphatic rings. The van der Waals surface area contributed by atoms with E-state index in [0.717, 1.165) is 50.3 Å². The zero-order valence-corrected chi connectivity index (χ0v) is 14.9. The van der Waals surface area contributed by atoms with Crippen LogP contribution in [0.15, 0.2) is 4.99 Å². The highest BCUT2D eigenvalue weighted by atomic mass is 16.2. The molecule has 2 fully saturated rings. The Labute approximate surface area is 141 Å². The van der Waals surface area contributed by atoms with Crippen molar-refractivity contribution >= 4 is 11.9 Å². The number of carbonyl (C=O) groups excluding carboxylic acids is 1. The van der Waals surface area contributed by atoms with Crippen LogP contribution in [0, 0.1) is 17.8 Å². The third kappa shape index (κ3) is 6.80. The Morgan fingerprint density at radius 1 is 0.913 bits per heavy atom. The molecular weight excluding hydrogens is 288 g/mol. The van der Waals surface area contributed by atoms with E-state index in [0.29, 0.717) is 6.54 Å². The first kappa shape index (κ1) is 18.1. The third-order valence-corrected chi connectivity index (χ3v) is 5.06. The Morgan fingerprint density at radius 2 is 1.57 bits per heavy atom. The fourth-order valence-corrected chi connectivity index (χ4v) is 3.24. The smallest absolute Gasteiger partial charge is 0.223 e. The second-order valence-corrected chi connectivity index (χ2v) is 7.01. The molecule has 1 amide bonds. The number of carbonyl (C=O) groups is 1. The predicted octanol–water partition coefficient (Wildman–Crippen LogP) is 2.28. The third-order valence-electron chi connectivity index (χ3n) is 5.06. The fraction of sp³-hybridized carbons (Fsp3) is 0.889. The fourth-order valence-electron chi connectivity index (χ4n) is 3.24. The van der Waals surface area contributed by atoms with E-state index in [1.807, 2.05) is 0 Å². The van der Waals surface area contributed by atoms with Gasteiger partial charge in [0.25, 0.3) is 0 Å². The first-order chi connectivity index (χ1) is 11.2.